The molecule has 1 aromatic heterocycles. The van der Waals surface area contributed by atoms with Crippen LogP contribution < -0.4 is 0 Å². The first-order valence-corrected chi connectivity index (χ1v) is 9.34. The van der Waals surface area contributed by atoms with Crippen LogP contribution in [0.2, 0.25) is 0 Å². The van der Waals surface area contributed by atoms with Crippen LogP contribution in [-0.4, -0.2) is 77.5 Å². The van der Waals surface area contributed by atoms with Gasteiger partial charge in [-0.1, -0.05) is 23.9 Å². The molecule has 0 saturated carbocycles. The van der Waals surface area contributed by atoms with Gasteiger partial charge in [0.25, 0.3) is 11.1 Å². The highest BCUT2D eigenvalue weighted by Crippen LogP contribution is 2.25. The Morgan fingerprint density at radius 2 is 2.00 bits per heavy atom. The molecule has 1 fully saturated rings. The molecule has 0 bridgehead atoms. The van der Waals surface area contributed by atoms with Gasteiger partial charge in [0.1, 0.15) is 5.82 Å². The number of aromatic nitrogens is 2. The summed E-state index contributed by atoms with van der Waals surface area (Å²) in [6.07, 6.45) is 0. The van der Waals surface area contributed by atoms with Crippen molar-refractivity contribution < 1.29 is 23.1 Å². The van der Waals surface area contributed by atoms with Crippen molar-refractivity contribution in [2.45, 2.75) is 5.22 Å². The third-order valence-electron chi connectivity index (χ3n) is 3.99. The van der Waals surface area contributed by atoms with Gasteiger partial charge in [-0.2, -0.15) is 0 Å². The van der Waals surface area contributed by atoms with Crippen molar-refractivity contribution in [3.63, 3.8) is 0 Å². The molecule has 2 amide bonds. The number of likely N-dealkylation sites (N-methyl/N-ethyl adjacent to an activating group) is 1. The van der Waals surface area contributed by atoms with E-state index in [1.807, 2.05) is 0 Å². The van der Waals surface area contributed by atoms with E-state index < -0.39 is 5.82 Å². The summed E-state index contributed by atoms with van der Waals surface area (Å²) in [6, 6.07) is 6.07. The highest BCUT2D eigenvalue weighted by atomic mass is 32.2. The molecule has 1 saturated heterocycles. The molecular weight excluding hydrogens is 375 g/mol. The summed E-state index contributed by atoms with van der Waals surface area (Å²) in [5.41, 5.74) is 0.205. The molecule has 2 aromatic rings. The van der Waals surface area contributed by atoms with Crippen LogP contribution >= 0.6 is 11.8 Å². The number of halogens is 1. The van der Waals surface area contributed by atoms with Crippen molar-refractivity contribution in [1.29, 1.82) is 0 Å². The van der Waals surface area contributed by atoms with Crippen molar-refractivity contribution in [2.75, 3.05) is 45.6 Å². The summed E-state index contributed by atoms with van der Waals surface area (Å²) in [5, 5.41) is 7.79. The molecule has 0 atom stereocenters. The van der Waals surface area contributed by atoms with E-state index in [-0.39, 0.29) is 40.8 Å². The van der Waals surface area contributed by atoms with Crippen LogP contribution in [0, 0.1) is 5.82 Å². The Bertz CT molecular complexity index is 810. The SMILES string of the molecule is CN(CC(=O)N1CCOCC1)C(=O)CSc1nnc(-c2ccccc2F)o1. The van der Waals surface area contributed by atoms with Crippen LogP contribution in [0.5, 0.6) is 0 Å². The highest BCUT2D eigenvalue weighted by Gasteiger charge is 2.21. The van der Waals surface area contributed by atoms with Gasteiger partial charge in [-0.25, -0.2) is 4.39 Å². The second-order valence-corrected chi connectivity index (χ2v) is 6.81. The topological polar surface area (TPSA) is 88.8 Å². The maximum Gasteiger partial charge on any atom is 0.277 e. The van der Waals surface area contributed by atoms with E-state index in [0.717, 1.165) is 11.8 Å². The Balaban J connectivity index is 1.50. The van der Waals surface area contributed by atoms with E-state index in [4.69, 9.17) is 9.15 Å². The Hall–Kier alpha value is -2.46. The molecule has 1 aromatic carbocycles. The molecule has 1 aliphatic heterocycles. The summed E-state index contributed by atoms with van der Waals surface area (Å²) in [7, 11) is 1.57. The van der Waals surface area contributed by atoms with Crippen LogP contribution in [0.1, 0.15) is 0 Å². The monoisotopic (exact) mass is 394 g/mol. The first-order valence-electron chi connectivity index (χ1n) is 8.35. The summed E-state index contributed by atoms with van der Waals surface area (Å²) in [6.45, 7) is 2.11. The minimum absolute atomic E-state index is 0.00367. The van der Waals surface area contributed by atoms with Gasteiger partial charge in [0, 0.05) is 20.1 Å². The number of ether oxygens (including phenoxy) is 1. The van der Waals surface area contributed by atoms with Gasteiger partial charge in [0.15, 0.2) is 0 Å². The van der Waals surface area contributed by atoms with E-state index >= 15 is 0 Å². The third-order valence-corrected chi connectivity index (χ3v) is 4.80. The number of thioether (sulfide) groups is 1. The maximum atomic E-state index is 13.7. The van der Waals surface area contributed by atoms with E-state index in [2.05, 4.69) is 10.2 Å². The van der Waals surface area contributed by atoms with Crippen molar-refractivity contribution >= 4 is 23.6 Å². The van der Waals surface area contributed by atoms with Crippen molar-refractivity contribution in [1.82, 2.24) is 20.0 Å². The number of nitrogens with zero attached hydrogens (tertiary/aromatic N) is 4. The predicted octanol–water partition coefficient (Wildman–Crippen LogP) is 1.28. The first-order chi connectivity index (χ1) is 13.0. The average Bonchev–Trinajstić information content (AvgIpc) is 3.15. The molecule has 0 N–H and O–H groups in total. The number of benzene rings is 1. The summed E-state index contributed by atoms with van der Waals surface area (Å²) in [4.78, 5) is 27.4. The van der Waals surface area contributed by atoms with Gasteiger partial charge in [-0.3, -0.25) is 9.59 Å². The molecule has 3 rings (SSSR count). The Kier molecular flexibility index (Phi) is 6.40. The van der Waals surface area contributed by atoms with Gasteiger partial charge in [0.2, 0.25) is 11.8 Å². The molecular formula is C17H19FN4O4S. The third kappa shape index (κ3) is 5.04. The fourth-order valence-corrected chi connectivity index (χ4v) is 3.15. The van der Waals surface area contributed by atoms with Crippen LogP contribution in [0.15, 0.2) is 33.9 Å². The number of carbonyl (C=O) groups is 2. The molecule has 27 heavy (non-hydrogen) atoms. The first kappa shape index (κ1) is 19.3. The number of amides is 2. The molecule has 10 heteroatoms. The van der Waals surface area contributed by atoms with Gasteiger partial charge < -0.3 is 19.0 Å². The van der Waals surface area contributed by atoms with E-state index in [0.29, 0.717) is 26.3 Å². The summed E-state index contributed by atoms with van der Waals surface area (Å²) >= 11 is 1.04. The molecule has 0 unspecified atom stereocenters. The second kappa shape index (κ2) is 8.96. The second-order valence-electron chi connectivity index (χ2n) is 5.88. The Morgan fingerprint density at radius 1 is 1.26 bits per heavy atom. The predicted molar refractivity (Wildman–Crippen MR) is 95.5 cm³/mol. The van der Waals surface area contributed by atoms with Crippen LogP contribution in [0.4, 0.5) is 4.39 Å². The lowest BCUT2D eigenvalue weighted by Crippen LogP contribution is -2.46. The average molecular weight is 394 g/mol. The Morgan fingerprint density at radius 3 is 2.74 bits per heavy atom. The molecule has 144 valence electrons. The smallest absolute Gasteiger partial charge is 0.277 e. The zero-order chi connectivity index (χ0) is 19.2. The van der Waals surface area contributed by atoms with Crippen LogP contribution in [0.25, 0.3) is 11.5 Å². The lowest BCUT2D eigenvalue weighted by molar-refractivity contribution is -0.140. The zero-order valence-corrected chi connectivity index (χ0v) is 15.6. The summed E-state index contributed by atoms with van der Waals surface area (Å²) < 4.78 is 24.3. The summed E-state index contributed by atoms with van der Waals surface area (Å²) in [5.74, 6) is -0.730. The fourth-order valence-electron chi connectivity index (χ4n) is 2.45. The molecule has 2 heterocycles. The van der Waals surface area contributed by atoms with Crippen molar-refractivity contribution in [3.05, 3.63) is 30.1 Å². The molecule has 1 aliphatic rings. The van der Waals surface area contributed by atoms with Gasteiger partial charge in [-0.05, 0) is 12.1 Å². The lowest BCUT2D eigenvalue weighted by atomic mass is 10.2. The lowest BCUT2D eigenvalue weighted by Gasteiger charge is -2.28. The van der Waals surface area contributed by atoms with E-state index in [1.165, 1.54) is 17.0 Å². The molecule has 0 aliphatic carbocycles. The fraction of sp³-hybridized carbons (Fsp3) is 0.412. The number of morpholine rings is 1. The normalized spacial score (nSPS) is 14.2. The maximum absolute atomic E-state index is 13.7. The highest BCUT2D eigenvalue weighted by molar-refractivity contribution is 7.99. The minimum atomic E-state index is -0.463. The van der Waals surface area contributed by atoms with Gasteiger partial charge >= 0.3 is 0 Å². The minimum Gasteiger partial charge on any atom is -0.411 e. The molecule has 0 radical (unpaired) electrons. The van der Waals surface area contributed by atoms with Crippen molar-refractivity contribution in [3.8, 4) is 11.5 Å². The van der Waals surface area contributed by atoms with Gasteiger partial charge in [0.05, 0.1) is 31.1 Å². The Labute approximate surface area is 159 Å². The number of rotatable bonds is 6. The van der Waals surface area contributed by atoms with Crippen LogP contribution in [0.3, 0.4) is 0 Å². The zero-order valence-electron chi connectivity index (χ0n) is 14.8. The standard InChI is InChI=1S/C17H19FN4O4S/c1-21(10-14(23)22-6-8-25-9-7-22)15(24)11-27-17-20-19-16(26-17)12-4-2-3-5-13(12)18/h2-5H,6-11H2,1H3. The van der Waals surface area contributed by atoms with Crippen LogP contribution in [-0.2, 0) is 14.3 Å². The van der Waals surface area contributed by atoms with Crippen molar-refractivity contribution in [2.24, 2.45) is 0 Å². The quantitative estimate of drug-likeness (QED) is 0.682. The number of hydrogen-bond acceptors (Lipinski definition) is 7. The largest absolute Gasteiger partial charge is 0.411 e. The van der Waals surface area contributed by atoms with Gasteiger partial charge in [-0.15, -0.1) is 10.2 Å². The molecule has 0 spiro atoms. The number of carbonyl (C=O) groups excluding carboxylic acids is 2. The van der Waals surface area contributed by atoms with E-state index in [9.17, 15) is 14.0 Å². The molecule has 8 nitrogen and oxygen atoms in total. The number of hydrogen-bond donors (Lipinski definition) is 0. The van der Waals surface area contributed by atoms with E-state index in [1.54, 1.807) is 24.1 Å².